The van der Waals surface area contributed by atoms with Crippen LogP contribution in [0.5, 0.6) is 0 Å². The Kier molecular flexibility index (Phi) is 5.65. The molecule has 13 heavy (non-hydrogen) atoms. The van der Waals surface area contributed by atoms with E-state index in [1.165, 1.54) is 5.56 Å². The Hall–Kier alpha value is -0.0200. The fourth-order valence-electron chi connectivity index (χ4n) is 1.15. The second kappa shape index (κ2) is 5.66. The number of nitrogens with zero attached hydrogens (tertiary/aromatic N) is 1. The maximum atomic E-state index is 5.65. The van der Waals surface area contributed by atoms with Crippen LogP contribution in [0, 0.1) is 0 Å². The maximum Gasteiger partial charge on any atom is 0.129 e. The average molecular weight is 242 g/mol. The first-order chi connectivity index (χ1) is 5.36. The summed E-state index contributed by atoms with van der Waals surface area (Å²) in [6, 6.07) is 3.88. The molecule has 1 aliphatic heterocycles. The molecule has 1 aromatic heterocycles. The Morgan fingerprint density at radius 3 is 2.38 bits per heavy atom. The van der Waals surface area contributed by atoms with Crippen molar-refractivity contribution in [2.75, 3.05) is 13.1 Å². The van der Waals surface area contributed by atoms with E-state index in [1.807, 2.05) is 18.3 Å². The van der Waals surface area contributed by atoms with Crippen molar-refractivity contribution >= 4 is 36.4 Å². The standard InChI is InChI=1S/C8H9ClN2.2ClH/c9-8-2-1-6(5-11-8)7-3-10-4-7;;/h1-2,5,7,10H,3-4H2;2*1H. The lowest BCUT2D eigenvalue weighted by molar-refractivity contribution is 0.447. The Bertz CT molecular complexity index is 246. The van der Waals surface area contributed by atoms with Gasteiger partial charge in [-0.05, 0) is 11.6 Å². The van der Waals surface area contributed by atoms with Gasteiger partial charge in [0.05, 0.1) is 0 Å². The van der Waals surface area contributed by atoms with E-state index in [4.69, 9.17) is 11.6 Å². The predicted octanol–water partition coefficient (Wildman–Crippen LogP) is 2.27. The molecule has 0 saturated carbocycles. The highest BCUT2D eigenvalue weighted by Gasteiger charge is 2.18. The first-order valence-electron chi connectivity index (χ1n) is 3.68. The lowest BCUT2D eigenvalue weighted by Gasteiger charge is -2.26. The van der Waals surface area contributed by atoms with E-state index >= 15 is 0 Å². The largest absolute Gasteiger partial charge is 0.315 e. The summed E-state index contributed by atoms with van der Waals surface area (Å²) in [6.45, 7) is 2.15. The Morgan fingerprint density at radius 1 is 1.31 bits per heavy atom. The van der Waals surface area contributed by atoms with E-state index in [0.29, 0.717) is 11.1 Å². The lowest BCUT2D eigenvalue weighted by Crippen LogP contribution is -2.39. The van der Waals surface area contributed by atoms with Crippen molar-refractivity contribution < 1.29 is 0 Å². The van der Waals surface area contributed by atoms with Crippen molar-refractivity contribution in [3.63, 3.8) is 0 Å². The predicted molar refractivity (Wildman–Crippen MR) is 59.4 cm³/mol. The molecule has 0 atom stereocenters. The van der Waals surface area contributed by atoms with Gasteiger partial charge in [-0.25, -0.2) is 4.98 Å². The summed E-state index contributed by atoms with van der Waals surface area (Å²) < 4.78 is 0. The van der Waals surface area contributed by atoms with Crippen LogP contribution < -0.4 is 5.32 Å². The minimum absolute atomic E-state index is 0. The zero-order valence-electron chi connectivity index (χ0n) is 6.87. The molecule has 1 saturated heterocycles. The van der Waals surface area contributed by atoms with Gasteiger partial charge in [0.1, 0.15) is 5.15 Å². The third kappa shape index (κ3) is 2.99. The zero-order valence-corrected chi connectivity index (χ0v) is 9.25. The zero-order chi connectivity index (χ0) is 7.68. The molecule has 1 aliphatic rings. The van der Waals surface area contributed by atoms with Crippen molar-refractivity contribution in [1.29, 1.82) is 0 Å². The molecule has 0 amide bonds. The molecule has 0 unspecified atom stereocenters. The minimum Gasteiger partial charge on any atom is -0.315 e. The van der Waals surface area contributed by atoms with Crippen molar-refractivity contribution in [2.45, 2.75) is 5.92 Å². The Balaban J connectivity index is 0.000000720. The van der Waals surface area contributed by atoms with E-state index in [1.54, 1.807) is 0 Å². The molecule has 1 N–H and O–H groups in total. The molecule has 2 nitrogen and oxygen atoms in total. The fraction of sp³-hybridized carbons (Fsp3) is 0.375. The van der Waals surface area contributed by atoms with Crippen molar-refractivity contribution in [3.8, 4) is 0 Å². The van der Waals surface area contributed by atoms with Crippen LogP contribution in [0.3, 0.4) is 0 Å². The first kappa shape index (κ1) is 13.0. The lowest BCUT2D eigenvalue weighted by atomic mass is 9.96. The van der Waals surface area contributed by atoms with Gasteiger partial charge >= 0.3 is 0 Å². The van der Waals surface area contributed by atoms with Gasteiger partial charge in [-0.1, -0.05) is 17.7 Å². The van der Waals surface area contributed by atoms with Gasteiger partial charge in [0.2, 0.25) is 0 Å². The van der Waals surface area contributed by atoms with Crippen molar-refractivity contribution in [1.82, 2.24) is 10.3 Å². The Morgan fingerprint density at radius 2 is 2.00 bits per heavy atom. The third-order valence-corrected chi connectivity index (χ3v) is 2.23. The van der Waals surface area contributed by atoms with Crippen LogP contribution >= 0.6 is 36.4 Å². The summed E-state index contributed by atoms with van der Waals surface area (Å²) in [5, 5.41) is 3.78. The topological polar surface area (TPSA) is 24.9 Å². The molecule has 1 fully saturated rings. The van der Waals surface area contributed by atoms with E-state index in [9.17, 15) is 0 Å². The summed E-state index contributed by atoms with van der Waals surface area (Å²) in [5.74, 6) is 0.653. The summed E-state index contributed by atoms with van der Waals surface area (Å²) >= 11 is 5.65. The monoisotopic (exact) mass is 240 g/mol. The molecule has 0 aliphatic carbocycles. The molecular formula is C8H11Cl3N2. The van der Waals surface area contributed by atoms with Gasteiger partial charge in [0.25, 0.3) is 0 Å². The second-order valence-electron chi connectivity index (χ2n) is 2.77. The van der Waals surface area contributed by atoms with E-state index in [2.05, 4.69) is 10.3 Å². The summed E-state index contributed by atoms with van der Waals surface area (Å²) in [4.78, 5) is 4.02. The normalized spacial score (nSPS) is 15.2. The second-order valence-corrected chi connectivity index (χ2v) is 3.16. The number of halogens is 3. The van der Waals surface area contributed by atoms with Crippen LogP contribution in [0.15, 0.2) is 18.3 Å². The number of pyridine rings is 1. The molecule has 5 heteroatoms. The van der Waals surface area contributed by atoms with E-state index in [0.717, 1.165) is 13.1 Å². The maximum absolute atomic E-state index is 5.65. The molecule has 74 valence electrons. The van der Waals surface area contributed by atoms with Gasteiger partial charge < -0.3 is 5.32 Å². The van der Waals surface area contributed by atoms with Gasteiger partial charge in [-0.3, -0.25) is 0 Å². The Labute approximate surface area is 94.9 Å². The summed E-state index contributed by atoms with van der Waals surface area (Å²) in [5.41, 5.74) is 1.29. The number of hydrogen-bond donors (Lipinski definition) is 1. The number of hydrogen-bond acceptors (Lipinski definition) is 2. The minimum atomic E-state index is 0. The molecular weight excluding hydrogens is 230 g/mol. The van der Waals surface area contributed by atoms with Crippen LogP contribution in [0.4, 0.5) is 0 Å². The molecule has 0 aromatic carbocycles. The number of aromatic nitrogens is 1. The third-order valence-electron chi connectivity index (χ3n) is 2.00. The number of nitrogens with one attached hydrogen (secondary N) is 1. The summed E-state index contributed by atoms with van der Waals surface area (Å²) in [6.07, 6.45) is 1.86. The van der Waals surface area contributed by atoms with E-state index in [-0.39, 0.29) is 24.8 Å². The molecule has 0 spiro atoms. The highest BCUT2D eigenvalue weighted by Crippen LogP contribution is 2.19. The van der Waals surface area contributed by atoms with Crippen molar-refractivity contribution in [3.05, 3.63) is 29.0 Å². The van der Waals surface area contributed by atoms with Crippen molar-refractivity contribution in [2.24, 2.45) is 0 Å². The average Bonchev–Trinajstić information content (AvgIpc) is 1.90. The highest BCUT2D eigenvalue weighted by molar-refractivity contribution is 6.29. The van der Waals surface area contributed by atoms with Crippen LogP contribution in [-0.4, -0.2) is 18.1 Å². The molecule has 2 rings (SSSR count). The van der Waals surface area contributed by atoms with Crippen LogP contribution in [-0.2, 0) is 0 Å². The fourth-order valence-corrected chi connectivity index (χ4v) is 1.26. The van der Waals surface area contributed by atoms with Gasteiger partial charge in [0, 0.05) is 25.2 Å². The van der Waals surface area contributed by atoms with Crippen LogP contribution in [0.25, 0.3) is 0 Å². The molecule has 0 radical (unpaired) electrons. The highest BCUT2D eigenvalue weighted by atomic mass is 35.5. The summed E-state index contributed by atoms with van der Waals surface area (Å²) in [7, 11) is 0. The van der Waals surface area contributed by atoms with Crippen LogP contribution in [0.1, 0.15) is 11.5 Å². The van der Waals surface area contributed by atoms with Crippen LogP contribution in [0.2, 0.25) is 5.15 Å². The van der Waals surface area contributed by atoms with Gasteiger partial charge in [0.15, 0.2) is 0 Å². The quantitative estimate of drug-likeness (QED) is 0.763. The van der Waals surface area contributed by atoms with Gasteiger partial charge in [-0.2, -0.15) is 0 Å². The molecule has 1 aromatic rings. The van der Waals surface area contributed by atoms with E-state index < -0.39 is 0 Å². The smallest absolute Gasteiger partial charge is 0.129 e. The molecule has 2 heterocycles. The molecule has 0 bridgehead atoms. The number of rotatable bonds is 1. The van der Waals surface area contributed by atoms with Gasteiger partial charge in [-0.15, -0.1) is 24.8 Å². The first-order valence-corrected chi connectivity index (χ1v) is 4.06. The SMILES string of the molecule is Cl.Cl.Clc1ccc(C2CNC2)cn1.